The molecule has 0 aromatic heterocycles. The highest BCUT2D eigenvalue weighted by Gasteiger charge is 2.68. The van der Waals surface area contributed by atoms with Crippen LogP contribution >= 0.6 is 0 Å². The molecule has 66 heavy (non-hydrogen) atoms. The topological polar surface area (TPSA) is 106 Å². The molecule has 6 saturated carbocycles. The minimum absolute atomic E-state index is 0.0536. The number of rotatable bonds is 12. The van der Waals surface area contributed by atoms with Gasteiger partial charge in [0.25, 0.3) is 0 Å². The highest BCUT2D eigenvalue weighted by atomic mass is 16.5. The number of aliphatic hydroxyl groups excluding tert-OH is 2. The predicted octanol–water partition coefficient (Wildman–Crippen LogP) is 10.6. The van der Waals surface area contributed by atoms with Gasteiger partial charge in [-0.15, -0.1) is 5.92 Å². The average molecular weight is 906 g/mol. The van der Waals surface area contributed by atoms with Crippen molar-refractivity contribution >= 4 is 17.4 Å². The number of carbonyl (C=O) groups is 2. The summed E-state index contributed by atoms with van der Waals surface area (Å²) in [5.41, 5.74) is 6.26. The SMILES string of the molecule is CC#C[C@]1(OC)[C@H](C)CC2C3CCC4=CC(=O)CCC4=C3[C@@H](c3ccc(N(C)CCO[C@H]4CC[C@@]5(C)C(C4)C[C@@H](O)[C@H]4[C@@H]6CC[C@H]([C@H](C)CCC(=O)OC)[C@@]6(C)[C@@H](O)C[C@@H]45)cc3)C[C@@]21CC. The Morgan fingerprint density at radius 1 is 0.970 bits per heavy atom. The van der Waals surface area contributed by atoms with Gasteiger partial charge in [0.1, 0.15) is 5.60 Å². The van der Waals surface area contributed by atoms with Gasteiger partial charge in [-0.2, -0.15) is 0 Å². The van der Waals surface area contributed by atoms with Gasteiger partial charge in [-0.05, 0) is 196 Å². The molecule has 0 radical (unpaired) electrons. The zero-order chi connectivity index (χ0) is 46.9. The van der Waals surface area contributed by atoms with E-state index in [1.54, 1.807) is 5.57 Å². The summed E-state index contributed by atoms with van der Waals surface area (Å²) in [6.07, 6.45) is 16.1. The van der Waals surface area contributed by atoms with Gasteiger partial charge >= 0.3 is 5.97 Å². The molecule has 8 nitrogen and oxygen atoms in total. The zero-order valence-electron chi connectivity index (χ0n) is 42.0. The number of anilines is 1. The quantitative estimate of drug-likeness (QED) is 0.158. The summed E-state index contributed by atoms with van der Waals surface area (Å²) in [6, 6.07) is 9.37. The van der Waals surface area contributed by atoms with Crippen molar-refractivity contribution in [3.05, 3.63) is 52.6 Å². The van der Waals surface area contributed by atoms with E-state index in [4.69, 9.17) is 14.2 Å². The number of ketones is 1. The second-order valence-corrected chi connectivity index (χ2v) is 23.5. The molecule has 362 valence electrons. The summed E-state index contributed by atoms with van der Waals surface area (Å²) in [7, 11) is 5.53. The van der Waals surface area contributed by atoms with Crippen molar-refractivity contribution < 1.29 is 34.0 Å². The van der Waals surface area contributed by atoms with Crippen LogP contribution in [0.4, 0.5) is 5.69 Å². The summed E-state index contributed by atoms with van der Waals surface area (Å²) < 4.78 is 18.3. The number of nitrogens with zero attached hydrogens (tertiary/aromatic N) is 1. The molecule has 8 heteroatoms. The number of likely N-dealkylation sites (N-methyl/N-ethyl adjacent to an activating group) is 1. The number of aliphatic hydroxyl groups is 2. The summed E-state index contributed by atoms with van der Waals surface area (Å²) in [4.78, 5) is 27.0. The largest absolute Gasteiger partial charge is 0.469 e. The van der Waals surface area contributed by atoms with Gasteiger partial charge in [-0.25, -0.2) is 0 Å². The van der Waals surface area contributed by atoms with Crippen LogP contribution in [0.1, 0.15) is 156 Å². The molecule has 8 aliphatic carbocycles. The fourth-order valence-electron chi connectivity index (χ4n) is 18.0. The summed E-state index contributed by atoms with van der Waals surface area (Å²) in [6.45, 7) is 15.2. The second-order valence-electron chi connectivity index (χ2n) is 23.5. The molecule has 17 atom stereocenters. The van der Waals surface area contributed by atoms with E-state index in [2.05, 4.69) is 82.7 Å². The maximum absolute atomic E-state index is 12.7. The fourth-order valence-corrected chi connectivity index (χ4v) is 18.0. The Kier molecular flexibility index (Phi) is 13.4. The molecule has 1 aromatic rings. The standard InChI is InChI=1S/C58H83NO7/c1-10-25-58(65-9)36(4)29-48-44-19-15-38-30-41(60)18-20-43(38)53(44)45(34-57(48,58)11-2)37-13-16-40(17-14-37)59(7)27-28-66-42-24-26-55(5)39(31-42)32-50(61)54-47-22-21-46(35(3)12-23-52(63)64-8)56(47,6)51(62)33-49(54)55/h13-14,16-17,30,35-36,39,42,44-51,54,61-62H,11-12,15,18-24,26-29,31-34H2,1-9H3/t35-,36-,39?,42+,44?,45-,46-,47+,48?,49+,50-,51+,54+,55+,56-,57+,58+/m1/s1. The molecule has 0 heterocycles. The number of benzene rings is 1. The minimum Gasteiger partial charge on any atom is -0.469 e. The highest BCUT2D eigenvalue weighted by Crippen LogP contribution is 2.71. The van der Waals surface area contributed by atoms with Gasteiger partial charge in [0, 0.05) is 50.6 Å². The van der Waals surface area contributed by atoms with Crippen molar-refractivity contribution in [3.8, 4) is 11.8 Å². The van der Waals surface area contributed by atoms with Gasteiger partial charge < -0.3 is 29.3 Å². The Morgan fingerprint density at radius 3 is 2.45 bits per heavy atom. The lowest BCUT2D eigenvalue weighted by Crippen LogP contribution is -2.62. The van der Waals surface area contributed by atoms with E-state index >= 15 is 0 Å². The maximum atomic E-state index is 12.7. The van der Waals surface area contributed by atoms with Crippen molar-refractivity contribution in [2.24, 2.45) is 69.5 Å². The molecular formula is C58H83NO7. The van der Waals surface area contributed by atoms with Crippen molar-refractivity contribution in [3.63, 3.8) is 0 Å². The van der Waals surface area contributed by atoms with Crippen LogP contribution in [-0.4, -0.2) is 80.3 Å². The normalized spacial score (nSPS) is 42.9. The smallest absolute Gasteiger partial charge is 0.305 e. The number of hydrogen-bond donors (Lipinski definition) is 2. The van der Waals surface area contributed by atoms with Crippen LogP contribution in [0.3, 0.4) is 0 Å². The van der Waals surface area contributed by atoms with Crippen LogP contribution in [0.25, 0.3) is 0 Å². The van der Waals surface area contributed by atoms with Crippen molar-refractivity contribution in [1.29, 1.82) is 0 Å². The minimum atomic E-state index is -0.473. The van der Waals surface area contributed by atoms with E-state index in [1.807, 2.05) is 20.1 Å². The van der Waals surface area contributed by atoms with Gasteiger partial charge in [0.05, 0.1) is 32.0 Å². The van der Waals surface area contributed by atoms with Crippen LogP contribution < -0.4 is 4.90 Å². The van der Waals surface area contributed by atoms with Crippen LogP contribution in [0.5, 0.6) is 0 Å². The lowest BCUT2D eigenvalue weighted by Gasteiger charge is -2.63. The summed E-state index contributed by atoms with van der Waals surface area (Å²) in [5.74, 6) is 10.6. The Balaban J connectivity index is 0.856. The maximum Gasteiger partial charge on any atom is 0.305 e. The Labute approximate surface area is 397 Å². The van der Waals surface area contributed by atoms with E-state index in [1.165, 1.54) is 29.5 Å². The van der Waals surface area contributed by atoms with E-state index < -0.39 is 11.7 Å². The van der Waals surface area contributed by atoms with Gasteiger partial charge in [-0.3, -0.25) is 9.59 Å². The molecule has 9 rings (SSSR count). The van der Waals surface area contributed by atoms with Gasteiger partial charge in [0.15, 0.2) is 5.78 Å². The number of esters is 1. The summed E-state index contributed by atoms with van der Waals surface area (Å²) >= 11 is 0. The first kappa shape index (κ1) is 48.1. The number of fused-ring (bicyclic) bond motifs is 9. The lowest BCUT2D eigenvalue weighted by atomic mass is 9.43. The molecule has 2 N–H and O–H groups in total. The number of ether oxygens (including phenoxy) is 3. The van der Waals surface area contributed by atoms with E-state index in [-0.39, 0.29) is 52.0 Å². The molecule has 0 spiro atoms. The Morgan fingerprint density at radius 2 is 1.74 bits per heavy atom. The first-order chi connectivity index (χ1) is 31.6. The van der Waals surface area contributed by atoms with Crippen LogP contribution in [0.15, 0.2) is 47.1 Å². The molecule has 0 bridgehead atoms. The highest BCUT2D eigenvalue weighted by molar-refractivity contribution is 5.93. The average Bonchev–Trinajstić information content (AvgIpc) is 3.80. The molecule has 6 fully saturated rings. The van der Waals surface area contributed by atoms with Crippen molar-refractivity contribution in [2.75, 3.05) is 39.3 Å². The third kappa shape index (κ3) is 7.52. The molecule has 0 amide bonds. The molecular weight excluding hydrogens is 823 g/mol. The van der Waals surface area contributed by atoms with Crippen molar-refractivity contribution in [2.45, 2.75) is 174 Å². The third-order valence-corrected chi connectivity index (χ3v) is 21.3. The van der Waals surface area contributed by atoms with E-state index in [9.17, 15) is 19.8 Å². The first-order valence-corrected chi connectivity index (χ1v) is 26.4. The van der Waals surface area contributed by atoms with Crippen molar-refractivity contribution in [1.82, 2.24) is 0 Å². The lowest BCUT2D eigenvalue weighted by molar-refractivity contribution is -0.209. The van der Waals surface area contributed by atoms with Crippen LogP contribution in [-0.2, 0) is 23.8 Å². The van der Waals surface area contributed by atoms with Crippen LogP contribution in [0.2, 0.25) is 0 Å². The van der Waals surface area contributed by atoms with Gasteiger partial charge in [-0.1, -0.05) is 58.2 Å². The zero-order valence-corrected chi connectivity index (χ0v) is 42.0. The van der Waals surface area contributed by atoms with Crippen LogP contribution in [0, 0.1) is 81.3 Å². The number of hydrogen-bond acceptors (Lipinski definition) is 8. The van der Waals surface area contributed by atoms with E-state index in [0.29, 0.717) is 66.8 Å². The predicted molar refractivity (Wildman–Crippen MR) is 260 cm³/mol. The summed E-state index contributed by atoms with van der Waals surface area (Å²) in [5, 5.41) is 24.1. The number of carbonyl (C=O) groups excluding carboxylic acids is 2. The molecule has 8 aliphatic rings. The van der Waals surface area contributed by atoms with Gasteiger partial charge in [0.2, 0.25) is 0 Å². The Hall–Kier alpha value is -2.96. The molecule has 0 saturated heterocycles. The molecule has 0 aliphatic heterocycles. The number of methoxy groups -OCH3 is 2. The Bertz CT molecular complexity index is 2120. The first-order valence-electron chi connectivity index (χ1n) is 26.4. The van der Waals surface area contributed by atoms with E-state index in [0.717, 1.165) is 96.4 Å². The monoisotopic (exact) mass is 906 g/mol. The fraction of sp³-hybridized carbons (Fsp3) is 0.759. The third-order valence-electron chi connectivity index (χ3n) is 21.3. The number of allylic oxidation sites excluding steroid dienone is 4. The molecule has 1 aromatic carbocycles. The molecule has 3 unspecified atom stereocenters. The second kappa shape index (κ2) is 18.4.